The van der Waals surface area contributed by atoms with E-state index in [1.807, 2.05) is 6.92 Å². The summed E-state index contributed by atoms with van der Waals surface area (Å²) in [5.41, 5.74) is 0.112. The number of furan rings is 1. The van der Waals surface area contributed by atoms with E-state index in [0.717, 1.165) is 19.3 Å². The van der Waals surface area contributed by atoms with E-state index in [4.69, 9.17) is 9.15 Å². The molecule has 2 fully saturated rings. The smallest absolute Gasteiger partial charge is 0.339 e. The van der Waals surface area contributed by atoms with Gasteiger partial charge >= 0.3 is 5.97 Å². The summed E-state index contributed by atoms with van der Waals surface area (Å²) in [5.74, 6) is -0.980. The van der Waals surface area contributed by atoms with E-state index < -0.39 is 5.97 Å². The Kier molecular flexibility index (Phi) is 4.67. The van der Waals surface area contributed by atoms with Gasteiger partial charge in [-0.2, -0.15) is 0 Å². The molecule has 2 unspecified atom stereocenters. The molecule has 1 aromatic rings. The molecular weight excluding hydrogens is 310 g/mol. The van der Waals surface area contributed by atoms with Crippen molar-refractivity contribution in [2.75, 3.05) is 6.61 Å². The molecule has 3 rings (SSSR count). The van der Waals surface area contributed by atoms with Gasteiger partial charge in [0.25, 0.3) is 5.91 Å². The molecule has 0 aromatic carbocycles. The summed E-state index contributed by atoms with van der Waals surface area (Å²) in [7, 11) is 0. The number of hydrogen-bond donors (Lipinski definition) is 2. The average Bonchev–Trinajstić information content (AvgIpc) is 3.22. The first-order valence-electron chi connectivity index (χ1n) is 8.80. The zero-order valence-electron chi connectivity index (χ0n) is 14.3. The lowest BCUT2D eigenvalue weighted by Crippen LogP contribution is -2.63. The zero-order valence-corrected chi connectivity index (χ0v) is 14.3. The molecule has 1 spiro atoms. The molecule has 6 nitrogen and oxygen atoms in total. The highest BCUT2D eigenvalue weighted by atomic mass is 16.5. The van der Waals surface area contributed by atoms with Crippen LogP contribution in [0.5, 0.6) is 0 Å². The number of aromatic carboxylic acids is 1. The van der Waals surface area contributed by atoms with Crippen molar-refractivity contribution in [3.8, 4) is 0 Å². The van der Waals surface area contributed by atoms with Crippen LogP contribution in [0.15, 0.2) is 10.5 Å². The van der Waals surface area contributed by atoms with Gasteiger partial charge in [0.15, 0.2) is 5.76 Å². The van der Waals surface area contributed by atoms with Crippen molar-refractivity contribution in [3.63, 3.8) is 0 Å². The maximum Gasteiger partial charge on any atom is 0.339 e. The van der Waals surface area contributed by atoms with E-state index in [0.29, 0.717) is 18.8 Å². The van der Waals surface area contributed by atoms with Crippen molar-refractivity contribution in [3.05, 3.63) is 23.2 Å². The van der Waals surface area contributed by atoms with E-state index in [1.54, 1.807) is 6.92 Å². The minimum absolute atomic E-state index is 0.0431. The number of carboxylic acid groups (broad SMARTS) is 1. The fraction of sp³-hybridized carbons (Fsp3) is 0.667. The van der Waals surface area contributed by atoms with Crippen molar-refractivity contribution in [2.24, 2.45) is 5.41 Å². The molecule has 2 aliphatic carbocycles. The molecule has 6 heteroatoms. The van der Waals surface area contributed by atoms with Gasteiger partial charge in [-0.25, -0.2) is 4.79 Å². The van der Waals surface area contributed by atoms with E-state index in [-0.39, 0.29) is 34.8 Å². The molecule has 2 N–H and O–H groups in total. The first-order valence-corrected chi connectivity index (χ1v) is 8.80. The molecule has 1 amide bonds. The molecule has 2 aliphatic rings. The molecule has 0 aliphatic heterocycles. The topological polar surface area (TPSA) is 88.8 Å². The predicted octanol–water partition coefficient (Wildman–Crippen LogP) is 3.01. The van der Waals surface area contributed by atoms with Crippen LogP contribution >= 0.6 is 0 Å². The standard InChI is InChI=1S/C18H25NO5/c1-3-12-11(17(21)22)9-13(24-12)16(20)19-14-10-15(23-4-2)18(14)7-5-6-8-18/h9,14-15H,3-8,10H2,1-2H3,(H,19,20)(H,21,22). The first kappa shape index (κ1) is 17.0. The number of nitrogens with one attached hydrogen (secondary N) is 1. The molecule has 1 aromatic heterocycles. The Morgan fingerprint density at radius 3 is 2.62 bits per heavy atom. The van der Waals surface area contributed by atoms with Crippen LogP contribution in [0.3, 0.4) is 0 Å². The fourth-order valence-electron chi connectivity index (χ4n) is 4.30. The minimum Gasteiger partial charge on any atom is -0.478 e. The lowest BCUT2D eigenvalue weighted by molar-refractivity contribution is -0.127. The largest absolute Gasteiger partial charge is 0.478 e. The molecular formula is C18H25NO5. The second-order valence-corrected chi connectivity index (χ2v) is 6.75. The second kappa shape index (κ2) is 6.59. The third-order valence-corrected chi connectivity index (χ3v) is 5.58. The van der Waals surface area contributed by atoms with Crippen molar-refractivity contribution in [1.82, 2.24) is 5.32 Å². The molecule has 2 saturated carbocycles. The maximum atomic E-state index is 12.5. The van der Waals surface area contributed by atoms with Gasteiger partial charge in [0.05, 0.1) is 6.10 Å². The SMILES string of the molecule is CCOC1CC(NC(=O)c2cc(C(=O)O)c(CC)o2)C12CCCC2. The number of carbonyl (C=O) groups is 2. The van der Waals surface area contributed by atoms with Crippen molar-refractivity contribution in [2.45, 2.75) is 64.5 Å². The van der Waals surface area contributed by atoms with Crippen molar-refractivity contribution in [1.29, 1.82) is 0 Å². The predicted molar refractivity (Wildman–Crippen MR) is 87.2 cm³/mol. The number of rotatable bonds is 6. The Morgan fingerprint density at radius 2 is 2.08 bits per heavy atom. The normalized spacial score (nSPS) is 24.8. The van der Waals surface area contributed by atoms with E-state index in [9.17, 15) is 14.7 Å². The third-order valence-electron chi connectivity index (χ3n) is 5.58. The van der Waals surface area contributed by atoms with E-state index in [1.165, 1.54) is 18.9 Å². The molecule has 24 heavy (non-hydrogen) atoms. The Balaban J connectivity index is 1.72. The monoisotopic (exact) mass is 335 g/mol. The molecule has 0 saturated heterocycles. The summed E-state index contributed by atoms with van der Waals surface area (Å²) in [4.78, 5) is 23.7. The van der Waals surface area contributed by atoms with Gasteiger partial charge in [-0.15, -0.1) is 0 Å². The second-order valence-electron chi connectivity index (χ2n) is 6.75. The van der Waals surface area contributed by atoms with Gasteiger partial charge < -0.3 is 19.6 Å². The number of carboxylic acids is 1. The summed E-state index contributed by atoms with van der Waals surface area (Å²) in [6.45, 7) is 4.49. The quantitative estimate of drug-likeness (QED) is 0.834. The lowest BCUT2D eigenvalue weighted by Gasteiger charge is -2.53. The number of amides is 1. The molecule has 2 atom stereocenters. The lowest BCUT2D eigenvalue weighted by atomic mass is 9.60. The van der Waals surface area contributed by atoms with Crippen molar-refractivity contribution >= 4 is 11.9 Å². The Hall–Kier alpha value is -1.82. The summed E-state index contributed by atoms with van der Waals surface area (Å²) in [6.07, 6.45) is 5.94. The average molecular weight is 335 g/mol. The number of ether oxygens (including phenoxy) is 1. The van der Waals surface area contributed by atoms with Crippen LogP contribution in [0.25, 0.3) is 0 Å². The van der Waals surface area contributed by atoms with Crippen LogP contribution in [0.1, 0.15) is 72.6 Å². The highest BCUT2D eigenvalue weighted by Gasteiger charge is 2.57. The minimum atomic E-state index is -1.07. The molecule has 132 valence electrons. The Labute approximate surface area is 141 Å². The summed E-state index contributed by atoms with van der Waals surface area (Å²) >= 11 is 0. The van der Waals surface area contributed by atoms with Gasteiger partial charge in [0, 0.05) is 30.6 Å². The van der Waals surface area contributed by atoms with Crippen LogP contribution in [0.4, 0.5) is 0 Å². The summed E-state index contributed by atoms with van der Waals surface area (Å²) in [5, 5.41) is 12.2. The van der Waals surface area contributed by atoms with E-state index >= 15 is 0 Å². The maximum absolute atomic E-state index is 12.5. The molecule has 1 heterocycles. The van der Waals surface area contributed by atoms with Gasteiger partial charge in [0.2, 0.25) is 0 Å². The molecule has 0 bridgehead atoms. The van der Waals surface area contributed by atoms with Crippen molar-refractivity contribution < 1.29 is 23.8 Å². The van der Waals surface area contributed by atoms with E-state index in [2.05, 4.69) is 5.32 Å². The highest BCUT2D eigenvalue weighted by Crippen LogP contribution is 2.54. The van der Waals surface area contributed by atoms with Gasteiger partial charge in [-0.1, -0.05) is 19.8 Å². The van der Waals surface area contributed by atoms with Crippen LogP contribution < -0.4 is 5.32 Å². The highest BCUT2D eigenvalue weighted by molar-refractivity contribution is 5.96. The molecule has 0 radical (unpaired) electrons. The van der Waals surface area contributed by atoms with Gasteiger partial charge in [-0.05, 0) is 26.2 Å². The summed E-state index contributed by atoms with van der Waals surface area (Å²) in [6, 6.07) is 1.41. The Bertz CT molecular complexity index is 629. The van der Waals surface area contributed by atoms with Crippen LogP contribution in [-0.2, 0) is 11.2 Å². The van der Waals surface area contributed by atoms with Crippen LogP contribution in [0.2, 0.25) is 0 Å². The van der Waals surface area contributed by atoms with Gasteiger partial charge in [-0.3, -0.25) is 4.79 Å². The number of carbonyl (C=O) groups excluding carboxylic acids is 1. The zero-order chi connectivity index (χ0) is 17.3. The summed E-state index contributed by atoms with van der Waals surface area (Å²) < 4.78 is 11.3. The van der Waals surface area contributed by atoms with Crippen LogP contribution in [0, 0.1) is 5.41 Å². The fourth-order valence-corrected chi connectivity index (χ4v) is 4.30. The number of aryl methyl sites for hydroxylation is 1. The third kappa shape index (κ3) is 2.73. The van der Waals surface area contributed by atoms with Crippen LogP contribution in [-0.4, -0.2) is 35.7 Å². The first-order chi connectivity index (χ1) is 11.5. The Morgan fingerprint density at radius 1 is 1.38 bits per heavy atom. The van der Waals surface area contributed by atoms with Gasteiger partial charge in [0.1, 0.15) is 11.3 Å². The number of hydrogen-bond acceptors (Lipinski definition) is 4.